The fraction of sp³-hybridized carbons (Fsp3) is 0.800. The number of thioether (sulfide) groups is 1. The second-order valence-corrected chi connectivity index (χ2v) is 4.80. The van der Waals surface area contributed by atoms with Crippen molar-refractivity contribution in [3.63, 3.8) is 0 Å². The van der Waals surface area contributed by atoms with Crippen LogP contribution in [0.5, 0.6) is 0 Å². The summed E-state index contributed by atoms with van der Waals surface area (Å²) in [6, 6.07) is -1.01. The largest absolute Gasteiger partial charge is 0.480 e. The van der Waals surface area contributed by atoms with Gasteiger partial charge in [-0.25, -0.2) is 9.59 Å². The highest BCUT2D eigenvalue weighted by Gasteiger charge is 2.24. The van der Waals surface area contributed by atoms with Gasteiger partial charge in [0.05, 0.1) is 0 Å². The van der Waals surface area contributed by atoms with Gasteiger partial charge in [0.2, 0.25) is 0 Å². The third-order valence-electron chi connectivity index (χ3n) is 2.60. The Morgan fingerprint density at radius 1 is 1.44 bits per heavy atom. The summed E-state index contributed by atoms with van der Waals surface area (Å²) in [7, 11) is 0. The van der Waals surface area contributed by atoms with Crippen molar-refractivity contribution >= 4 is 23.8 Å². The standard InChI is InChI=1S/C10H18N2O3S/c1-16-7-4-8(9(13)14)11-10(15)12-5-2-3-6-12/h8H,2-7H2,1H3,(H,11,15)(H,13,14). The molecule has 1 saturated heterocycles. The number of carboxylic acids is 1. The lowest BCUT2D eigenvalue weighted by Gasteiger charge is -2.20. The maximum absolute atomic E-state index is 11.7. The Labute approximate surface area is 99.6 Å². The molecular weight excluding hydrogens is 228 g/mol. The molecule has 1 atom stereocenters. The van der Waals surface area contributed by atoms with Crippen LogP contribution >= 0.6 is 11.8 Å². The van der Waals surface area contributed by atoms with Gasteiger partial charge >= 0.3 is 12.0 Å². The third-order valence-corrected chi connectivity index (χ3v) is 3.24. The number of nitrogens with zero attached hydrogens (tertiary/aromatic N) is 1. The SMILES string of the molecule is CSCCC(NC(=O)N1CCCC1)C(=O)O. The lowest BCUT2D eigenvalue weighted by Crippen LogP contribution is -2.47. The number of urea groups is 1. The number of likely N-dealkylation sites (tertiary alicyclic amines) is 1. The summed E-state index contributed by atoms with van der Waals surface area (Å²) in [4.78, 5) is 24.3. The molecule has 1 aliphatic heterocycles. The van der Waals surface area contributed by atoms with E-state index in [1.807, 2.05) is 6.26 Å². The number of hydrogen-bond donors (Lipinski definition) is 2. The van der Waals surface area contributed by atoms with Gasteiger partial charge in [0.1, 0.15) is 6.04 Å². The lowest BCUT2D eigenvalue weighted by atomic mass is 10.2. The average Bonchev–Trinajstić information content (AvgIpc) is 2.76. The van der Waals surface area contributed by atoms with Gasteiger partial charge < -0.3 is 15.3 Å². The quantitative estimate of drug-likeness (QED) is 0.759. The van der Waals surface area contributed by atoms with Gasteiger partial charge in [0.25, 0.3) is 0 Å². The summed E-state index contributed by atoms with van der Waals surface area (Å²) in [5, 5.41) is 11.5. The lowest BCUT2D eigenvalue weighted by molar-refractivity contribution is -0.139. The second-order valence-electron chi connectivity index (χ2n) is 3.82. The number of hydrogen-bond acceptors (Lipinski definition) is 3. The maximum atomic E-state index is 11.7. The zero-order valence-electron chi connectivity index (χ0n) is 9.44. The molecule has 0 saturated carbocycles. The summed E-state index contributed by atoms with van der Waals surface area (Å²) in [6.45, 7) is 1.47. The molecule has 92 valence electrons. The van der Waals surface area contributed by atoms with Gasteiger partial charge in [-0.3, -0.25) is 0 Å². The van der Waals surface area contributed by atoms with Gasteiger partial charge in [-0.1, -0.05) is 0 Å². The van der Waals surface area contributed by atoms with Gasteiger partial charge in [-0.05, 0) is 31.3 Å². The summed E-state index contributed by atoms with van der Waals surface area (Å²) >= 11 is 1.58. The molecule has 0 radical (unpaired) electrons. The number of carbonyl (C=O) groups is 2. The highest BCUT2D eigenvalue weighted by Crippen LogP contribution is 2.08. The number of aliphatic carboxylic acids is 1. The van der Waals surface area contributed by atoms with Crippen molar-refractivity contribution in [2.45, 2.75) is 25.3 Å². The van der Waals surface area contributed by atoms with Crippen molar-refractivity contribution in [2.75, 3.05) is 25.1 Å². The first-order valence-electron chi connectivity index (χ1n) is 5.42. The summed E-state index contributed by atoms with van der Waals surface area (Å²) in [6.07, 6.45) is 4.41. The molecule has 2 amide bonds. The van der Waals surface area contributed by atoms with E-state index < -0.39 is 12.0 Å². The van der Waals surface area contributed by atoms with Crippen LogP contribution in [-0.2, 0) is 4.79 Å². The number of carboxylic acid groups (broad SMARTS) is 1. The summed E-state index contributed by atoms with van der Waals surface area (Å²) in [5.74, 6) is -0.223. The first kappa shape index (κ1) is 13.2. The van der Waals surface area contributed by atoms with Crippen LogP contribution in [0, 0.1) is 0 Å². The van der Waals surface area contributed by atoms with Crippen LogP contribution < -0.4 is 5.32 Å². The molecular formula is C10H18N2O3S. The summed E-state index contributed by atoms with van der Waals surface area (Å²) < 4.78 is 0. The van der Waals surface area contributed by atoms with Crippen molar-refractivity contribution in [3.05, 3.63) is 0 Å². The predicted octanol–water partition coefficient (Wildman–Crippen LogP) is 0.998. The number of nitrogens with one attached hydrogen (secondary N) is 1. The fourth-order valence-electron chi connectivity index (χ4n) is 1.65. The van der Waals surface area contributed by atoms with Crippen molar-refractivity contribution in [1.82, 2.24) is 10.2 Å². The first-order valence-corrected chi connectivity index (χ1v) is 6.81. The van der Waals surface area contributed by atoms with E-state index in [9.17, 15) is 9.59 Å². The molecule has 1 rings (SSSR count). The number of amides is 2. The highest BCUT2D eigenvalue weighted by atomic mass is 32.2. The molecule has 0 aromatic carbocycles. The molecule has 1 unspecified atom stereocenters. The van der Waals surface area contributed by atoms with Crippen LogP contribution in [0.15, 0.2) is 0 Å². The van der Waals surface area contributed by atoms with Crippen LogP contribution in [0.4, 0.5) is 4.79 Å². The Hall–Kier alpha value is -0.910. The van der Waals surface area contributed by atoms with Crippen LogP contribution in [-0.4, -0.2) is 53.1 Å². The molecule has 1 heterocycles. The van der Waals surface area contributed by atoms with E-state index in [0.717, 1.165) is 31.7 Å². The maximum Gasteiger partial charge on any atom is 0.326 e. The van der Waals surface area contributed by atoms with Crippen molar-refractivity contribution in [1.29, 1.82) is 0 Å². The molecule has 0 aromatic rings. The first-order chi connectivity index (χ1) is 7.65. The van der Waals surface area contributed by atoms with Gasteiger partial charge in [-0.2, -0.15) is 11.8 Å². The van der Waals surface area contributed by atoms with Crippen LogP contribution in [0.2, 0.25) is 0 Å². The van der Waals surface area contributed by atoms with Crippen LogP contribution in [0.3, 0.4) is 0 Å². The van der Waals surface area contributed by atoms with E-state index in [2.05, 4.69) is 5.32 Å². The van der Waals surface area contributed by atoms with Crippen LogP contribution in [0.25, 0.3) is 0 Å². The van der Waals surface area contributed by atoms with E-state index in [4.69, 9.17) is 5.11 Å². The van der Waals surface area contributed by atoms with Crippen LogP contribution in [0.1, 0.15) is 19.3 Å². The molecule has 0 bridgehead atoms. The van der Waals surface area contributed by atoms with E-state index in [1.165, 1.54) is 0 Å². The van der Waals surface area contributed by atoms with E-state index in [0.29, 0.717) is 6.42 Å². The zero-order valence-corrected chi connectivity index (χ0v) is 10.3. The van der Waals surface area contributed by atoms with Gasteiger partial charge in [0.15, 0.2) is 0 Å². The minimum Gasteiger partial charge on any atom is -0.480 e. The number of carbonyl (C=O) groups excluding carboxylic acids is 1. The normalized spacial score (nSPS) is 17.2. The fourth-order valence-corrected chi connectivity index (χ4v) is 2.13. The smallest absolute Gasteiger partial charge is 0.326 e. The molecule has 0 aliphatic carbocycles. The minimum absolute atomic E-state index is 0.244. The molecule has 1 fully saturated rings. The van der Waals surface area contributed by atoms with Crippen molar-refractivity contribution in [3.8, 4) is 0 Å². The van der Waals surface area contributed by atoms with Crippen molar-refractivity contribution < 1.29 is 14.7 Å². The monoisotopic (exact) mass is 246 g/mol. The molecule has 5 nitrogen and oxygen atoms in total. The molecule has 1 aliphatic rings. The Bertz CT molecular complexity index is 254. The second kappa shape index (κ2) is 6.62. The Morgan fingerprint density at radius 2 is 2.06 bits per heavy atom. The van der Waals surface area contributed by atoms with E-state index >= 15 is 0 Å². The topological polar surface area (TPSA) is 69.6 Å². The van der Waals surface area contributed by atoms with E-state index in [-0.39, 0.29) is 6.03 Å². The third kappa shape index (κ3) is 3.92. The van der Waals surface area contributed by atoms with Gasteiger partial charge in [0, 0.05) is 13.1 Å². The Balaban J connectivity index is 2.40. The Morgan fingerprint density at radius 3 is 2.56 bits per heavy atom. The highest BCUT2D eigenvalue weighted by molar-refractivity contribution is 7.98. The predicted molar refractivity (Wildman–Crippen MR) is 63.8 cm³/mol. The number of rotatable bonds is 5. The van der Waals surface area contributed by atoms with E-state index in [1.54, 1.807) is 16.7 Å². The van der Waals surface area contributed by atoms with Crippen molar-refractivity contribution in [2.24, 2.45) is 0 Å². The summed E-state index contributed by atoms with van der Waals surface area (Å²) in [5.41, 5.74) is 0. The molecule has 2 N–H and O–H groups in total. The minimum atomic E-state index is -0.957. The molecule has 0 aromatic heterocycles. The molecule has 0 spiro atoms. The Kier molecular flexibility index (Phi) is 5.45. The zero-order chi connectivity index (χ0) is 12.0. The van der Waals surface area contributed by atoms with Gasteiger partial charge in [-0.15, -0.1) is 0 Å². The molecule has 16 heavy (non-hydrogen) atoms. The average molecular weight is 246 g/mol. The molecule has 6 heteroatoms.